The van der Waals surface area contributed by atoms with E-state index < -0.39 is 6.04 Å². The lowest BCUT2D eigenvalue weighted by atomic mass is 9.95. The Hall–Kier alpha value is -2.19. The van der Waals surface area contributed by atoms with Crippen molar-refractivity contribution >= 4 is 29.1 Å². The van der Waals surface area contributed by atoms with Crippen LogP contribution in [0.5, 0.6) is 0 Å². The van der Waals surface area contributed by atoms with Gasteiger partial charge in [0.15, 0.2) is 0 Å². The van der Waals surface area contributed by atoms with Gasteiger partial charge >= 0.3 is 0 Å². The van der Waals surface area contributed by atoms with Crippen LogP contribution in [0.4, 0.5) is 0 Å². The van der Waals surface area contributed by atoms with Gasteiger partial charge in [0.25, 0.3) is 0 Å². The number of thiophene rings is 1. The summed E-state index contributed by atoms with van der Waals surface area (Å²) in [5.41, 5.74) is 0.574. The van der Waals surface area contributed by atoms with Crippen molar-refractivity contribution in [3.63, 3.8) is 0 Å². The van der Waals surface area contributed by atoms with Crippen LogP contribution in [0.2, 0.25) is 0 Å². The molecule has 1 saturated heterocycles. The highest BCUT2D eigenvalue weighted by Gasteiger charge is 2.36. The first kappa shape index (κ1) is 30.0. The summed E-state index contributed by atoms with van der Waals surface area (Å²) in [6, 6.07) is 3.13. The van der Waals surface area contributed by atoms with E-state index in [1.807, 2.05) is 51.3 Å². The zero-order valence-electron chi connectivity index (χ0n) is 23.3. The normalized spacial score (nSPS) is 18.9. The minimum atomic E-state index is -0.624. The number of carbonyl (C=O) groups is 3. The number of hydrogen-bond acceptors (Lipinski definition) is 5. The molecule has 2 N–H and O–H groups in total. The number of nitrogens with zero attached hydrogens (tertiary/aromatic N) is 2. The first-order chi connectivity index (χ1) is 16.9. The Morgan fingerprint density at radius 1 is 1.14 bits per heavy atom. The molecule has 0 saturated carbocycles. The molecule has 2 rings (SSSR count). The molecule has 202 valence electrons. The molecule has 1 fully saturated rings. The first-order valence-corrected chi connectivity index (χ1v) is 14.1. The number of piperidine rings is 1. The fourth-order valence-electron chi connectivity index (χ4n) is 4.79. The van der Waals surface area contributed by atoms with E-state index in [0.29, 0.717) is 12.1 Å². The lowest BCUT2D eigenvalue weighted by Gasteiger charge is -2.39. The summed E-state index contributed by atoms with van der Waals surface area (Å²) in [6.45, 7) is 15.4. The lowest BCUT2D eigenvalue weighted by Crippen LogP contribution is -2.58. The van der Waals surface area contributed by atoms with Crippen LogP contribution in [0.15, 0.2) is 29.2 Å². The van der Waals surface area contributed by atoms with Crippen molar-refractivity contribution in [2.75, 3.05) is 13.6 Å². The molecule has 7 nitrogen and oxygen atoms in total. The van der Waals surface area contributed by atoms with E-state index in [2.05, 4.69) is 29.4 Å². The van der Waals surface area contributed by atoms with Crippen LogP contribution in [0.1, 0.15) is 72.6 Å². The number of nitrogens with one attached hydrogen (secondary N) is 2. The van der Waals surface area contributed by atoms with Gasteiger partial charge in [-0.3, -0.25) is 19.3 Å². The van der Waals surface area contributed by atoms with Crippen molar-refractivity contribution in [1.82, 2.24) is 20.4 Å². The van der Waals surface area contributed by atoms with Gasteiger partial charge in [0.1, 0.15) is 6.04 Å². The number of carbonyl (C=O) groups excluding carboxylic acids is 3. The summed E-state index contributed by atoms with van der Waals surface area (Å²) >= 11 is 1.60. The Labute approximate surface area is 221 Å². The van der Waals surface area contributed by atoms with E-state index >= 15 is 0 Å². The van der Waals surface area contributed by atoms with E-state index in [-0.39, 0.29) is 47.7 Å². The second-order valence-corrected chi connectivity index (χ2v) is 11.9. The molecule has 2 heterocycles. The van der Waals surface area contributed by atoms with Gasteiger partial charge < -0.3 is 15.5 Å². The fourth-order valence-corrected chi connectivity index (χ4v) is 5.43. The zero-order valence-corrected chi connectivity index (χ0v) is 24.2. The number of likely N-dealkylation sites (N-methyl/N-ethyl adjacent to an activating group) is 1. The monoisotopic (exact) mass is 518 g/mol. The average Bonchev–Trinajstić information content (AvgIpc) is 3.36. The summed E-state index contributed by atoms with van der Waals surface area (Å²) in [5.74, 6) is -0.310. The van der Waals surface area contributed by atoms with Gasteiger partial charge in [0.05, 0.1) is 18.6 Å². The standard InChI is InChI=1S/C28H46N4O3S/c1-18(2)24(16-21(7)26(33)29-17-22-12-11-15-36-22)31(8)28(35)25(19(3)4)30-27(34)23-13-9-10-14-32(23)20(5)6/h11-12,15-16,18-20,23-25H,9-10,13-14,17H2,1-8H3,(H,29,33)(H,30,34)/t23?,24-,25+/m1/s1. The van der Waals surface area contributed by atoms with E-state index in [1.54, 1.807) is 30.2 Å². The Balaban J connectivity index is 2.13. The highest BCUT2D eigenvalue weighted by atomic mass is 32.1. The van der Waals surface area contributed by atoms with Crippen LogP contribution in [0.25, 0.3) is 0 Å². The van der Waals surface area contributed by atoms with Crippen molar-refractivity contribution < 1.29 is 14.4 Å². The van der Waals surface area contributed by atoms with Crippen LogP contribution in [-0.4, -0.2) is 65.3 Å². The maximum Gasteiger partial charge on any atom is 0.246 e. The molecule has 1 unspecified atom stereocenters. The Kier molecular flexibility index (Phi) is 11.6. The molecule has 36 heavy (non-hydrogen) atoms. The number of amides is 3. The third kappa shape index (κ3) is 8.17. The van der Waals surface area contributed by atoms with Gasteiger partial charge in [0, 0.05) is 23.5 Å². The predicted molar refractivity (Wildman–Crippen MR) is 148 cm³/mol. The number of likely N-dealkylation sites (tertiary alicyclic amines) is 1. The van der Waals surface area contributed by atoms with Gasteiger partial charge in [-0.2, -0.15) is 0 Å². The maximum absolute atomic E-state index is 13.7. The molecular formula is C28H46N4O3S. The van der Waals surface area contributed by atoms with Crippen molar-refractivity contribution in [1.29, 1.82) is 0 Å². The SMILES string of the molecule is CC(=C[C@H](C(C)C)N(C)C(=O)[C@@H](NC(=O)C1CCCCN1C(C)C)C(C)C)C(=O)NCc1cccs1. The van der Waals surface area contributed by atoms with Gasteiger partial charge in [-0.15, -0.1) is 11.3 Å². The molecule has 1 aromatic heterocycles. The van der Waals surface area contributed by atoms with Gasteiger partial charge in [-0.05, 0) is 63.4 Å². The molecule has 0 bridgehead atoms. The molecular weight excluding hydrogens is 472 g/mol. The molecule has 0 aromatic carbocycles. The lowest BCUT2D eigenvalue weighted by molar-refractivity contribution is -0.140. The topological polar surface area (TPSA) is 81.8 Å². The molecule has 3 atom stereocenters. The van der Waals surface area contributed by atoms with Gasteiger partial charge in [-0.1, -0.05) is 46.3 Å². The summed E-state index contributed by atoms with van der Waals surface area (Å²) in [4.78, 5) is 44.7. The quantitative estimate of drug-likeness (QED) is 0.430. The third-order valence-corrected chi connectivity index (χ3v) is 7.88. The molecule has 8 heteroatoms. The van der Waals surface area contributed by atoms with E-state index in [1.165, 1.54) is 0 Å². The minimum Gasteiger partial charge on any atom is -0.347 e. The summed E-state index contributed by atoms with van der Waals surface area (Å²) < 4.78 is 0. The molecule has 1 aliphatic heterocycles. The Bertz CT molecular complexity index is 895. The van der Waals surface area contributed by atoms with Crippen LogP contribution in [0.3, 0.4) is 0 Å². The fraction of sp³-hybridized carbons (Fsp3) is 0.679. The second-order valence-electron chi connectivity index (χ2n) is 10.9. The van der Waals surface area contributed by atoms with E-state index in [9.17, 15) is 14.4 Å². The average molecular weight is 519 g/mol. The van der Waals surface area contributed by atoms with Crippen LogP contribution < -0.4 is 10.6 Å². The van der Waals surface area contributed by atoms with Gasteiger partial charge in [0.2, 0.25) is 17.7 Å². The van der Waals surface area contributed by atoms with Crippen molar-refractivity contribution in [2.45, 2.75) is 98.4 Å². The number of hydrogen-bond donors (Lipinski definition) is 2. The molecule has 0 radical (unpaired) electrons. The van der Waals surface area contributed by atoms with Crippen molar-refractivity contribution in [3.05, 3.63) is 34.0 Å². The highest BCUT2D eigenvalue weighted by molar-refractivity contribution is 7.09. The predicted octanol–water partition coefficient (Wildman–Crippen LogP) is 4.20. The summed E-state index contributed by atoms with van der Waals surface area (Å²) in [5, 5.41) is 8.02. The van der Waals surface area contributed by atoms with E-state index in [0.717, 1.165) is 30.7 Å². The smallest absolute Gasteiger partial charge is 0.246 e. The van der Waals surface area contributed by atoms with Crippen LogP contribution >= 0.6 is 11.3 Å². The minimum absolute atomic E-state index is 0.0630. The van der Waals surface area contributed by atoms with E-state index in [4.69, 9.17) is 0 Å². The maximum atomic E-state index is 13.7. The highest BCUT2D eigenvalue weighted by Crippen LogP contribution is 2.21. The third-order valence-electron chi connectivity index (χ3n) is 7.00. The van der Waals surface area contributed by atoms with Gasteiger partial charge in [-0.25, -0.2) is 0 Å². The first-order valence-electron chi connectivity index (χ1n) is 13.3. The largest absolute Gasteiger partial charge is 0.347 e. The molecule has 1 aliphatic rings. The molecule has 0 aliphatic carbocycles. The molecule has 1 aromatic rings. The van der Waals surface area contributed by atoms with Crippen molar-refractivity contribution in [3.8, 4) is 0 Å². The van der Waals surface area contributed by atoms with Crippen molar-refractivity contribution in [2.24, 2.45) is 11.8 Å². The second kappa shape index (κ2) is 13.9. The number of rotatable bonds is 11. The summed E-state index contributed by atoms with van der Waals surface area (Å²) in [6.07, 6.45) is 4.80. The Morgan fingerprint density at radius 2 is 1.83 bits per heavy atom. The van der Waals surface area contributed by atoms with Crippen LogP contribution in [-0.2, 0) is 20.9 Å². The molecule has 3 amide bonds. The van der Waals surface area contributed by atoms with Crippen LogP contribution in [0, 0.1) is 11.8 Å². The molecule has 0 spiro atoms. The Morgan fingerprint density at radius 3 is 2.39 bits per heavy atom. The summed E-state index contributed by atoms with van der Waals surface area (Å²) in [7, 11) is 1.77. The zero-order chi connectivity index (χ0) is 27.0.